The van der Waals surface area contributed by atoms with Crippen LogP contribution in [0.2, 0.25) is 0 Å². The van der Waals surface area contributed by atoms with Crippen LogP contribution in [-0.2, 0) is 23.7 Å². The Morgan fingerprint density at radius 2 is 1.35 bits per heavy atom. The molecule has 1 amide bonds. The molecule has 0 radical (unpaired) electrons. The molecule has 51 heavy (non-hydrogen) atoms. The summed E-state index contributed by atoms with van der Waals surface area (Å²) in [5.74, 6) is -0.250. The van der Waals surface area contributed by atoms with E-state index in [1.807, 2.05) is 0 Å². The lowest BCUT2D eigenvalue weighted by Gasteiger charge is -2.46. The van der Waals surface area contributed by atoms with Crippen molar-refractivity contribution < 1.29 is 64.6 Å². The van der Waals surface area contributed by atoms with Crippen LogP contribution in [0.4, 0.5) is 0 Å². The number of rotatable bonds is 25. The molecule has 2 fully saturated rings. The maximum atomic E-state index is 12.9. The zero-order valence-electron chi connectivity index (χ0n) is 30.3. The topological polar surface area (TPSA) is 228 Å². The average molecular weight is 732 g/mol. The zero-order chi connectivity index (χ0) is 37.6. The fourth-order valence-corrected chi connectivity index (χ4v) is 5.95. The van der Waals surface area contributed by atoms with Crippen LogP contribution >= 0.6 is 0 Å². The van der Waals surface area contributed by atoms with Crippen molar-refractivity contribution >= 4 is 5.91 Å². The summed E-state index contributed by atoms with van der Waals surface area (Å²) in [5, 5.41) is 85.6. The number of aliphatic hydroxyl groups is 8. The Morgan fingerprint density at radius 1 is 0.725 bits per heavy atom. The van der Waals surface area contributed by atoms with Gasteiger partial charge < -0.3 is 65.1 Å². The van der Waals surface area contributed by atoms with E-state index in [0.29, 0.717) is 12.8 Å². The number of amides is 1. The van der Waals surface area contributed by atoms with Crippen LogP contribution in [-0.4, -0.2) is 140 Å². The predicted octanol–water partition coefficient (Wildman–Crippen LogP) is 1.25. The van der Waals surface area contributed by atoms with Crippen molar-refractivity contribution in [2.24, 2.45) is 0 Å². The van der Waals surface area contributed by atoms with Gasteiger partial charge in [0.15, 0.2) is 12.6 Å². The lowest BCUT2D eigenvalue weighted by atomic mass is 9.97. The smallest absolute Gasteiger partial charge is 0.220 e. The van der Waals surface area contributed by atoms with Gasteiger partial charge in [0, 0.05) is 6.42 Å². The summed E-state index contributed by atoms with van der Waals surface area (Å²) in [6.07, 6.45) is 6.81. The molecule has 14 nitrogen and oxygen atoms in total. The fraction of sp³-hybridized carbons (Fsp3) is 0.811. The van der Waals surface area contributed by atoms with Crippen molar-refractivity contribution in [1.82, 2.24) is 5.32 Å². The molecule has 0 aromatic rings. The highest BCUT2D eigenvalue weighted by Crippen LogP contribution is 2.29. The first-order valence-electron chi connectivity index (χ1n) is 18.7. The van der Waals surface area contributed by atoms with Crippen molar-refractivity contribution in [3.05, 3.63) is 36.5 Å². The van der Waals surface area contributed by atoms with Gasteiger partial charge in [0.1, 0.15) is 48.8 Å². The molecule has 296 valence electrons. The van der Waals surface area contributed by atoms with Crippen LogP contribution in [0.5, 0.6) is 0 Å². The second kappa shape index (κ2) is 26.1. The van der Waals surface area contributed by atoms with Gasteiger partial charge in [0.2, 0.25) is 5.91 Å². The Bertz CT molecular complexity index is 1010. The highest BCUT2D eigenvalue weighted by atomic mass is 16.7. The number of carbonyl (C=O) groups is 1. The normalized spacial score (nSPS) is 31.5. The molecule has 0 saturated carbocycles. The first-order valence-corrected chi connectivity index (χ1v) is 18.7. The molecule has 14 heteroatoms. The summed E-state index contributed by atoms with van der Waals surface area (Å²) < 4.78 is 22.4. The Hall–Kier alpha value is -1.79. The van der Waals surface area contributed by atoms with Gasteiger partial charge in [0.05, 0.1) is 32.0 Å². The molecule has 9 N–H and O–H groups in total. The van der Waals surface area contributed by atoms with E-state index in [1.54, 1.807) is 0 Å². The minimum Gasteiger partial charge on any atom is -0.394 e. The maximum Gasteiger partial charge on any atom is 0.220 e. The highest BCUT2D eigenvalue weighted by Gasteiger charge is 2.50. The van der Waals surface area contributed by atoms with E-state index in [-0.39, 0.29) is 18.9 Å². The molecule has 2 heterocycles. The molecule has 0 bridgehead atoms. The highest BCUT2D eigenvalue weighted by molar-refractivity contribution is 5.76. The van der Waals surface area contributed by atoms with E-state index in [9.17, 15) is 45.6 Å². The standard InChI is InChI=1S/C37H65NO13/c1-3-5-7-9-10-11-12-13-14-15-16-17-19-21-29(42)38-25(26(41)20-18-8-6-4-2)24-48-36-34(47)32(45)35(28(23-40)50-36)51-37-33(46)31(44)30(43)27(22-39)49-37/h5,7,10-11,13-14,25-28,30-37,39-41,43-47H,3-4,6,8-9,12,15-24H2,1-2H3,(H,38,42)/b7-5-,11-10-,14-13-. The number of nitrogens with one attached hydrogen (secondary N) is 1. The molecule has 2 saturated heterocycles. The third-order valence-electron chi connectivity index (χ3n) is 9.12. The maximum absolute atomic E-state index is 12.9. The summed E-state index contributed by atoms with van der Waals surface area (Å²) in [6, 6.07) is -0.837. The van der Waals surface area contributed by atoms with Crippen LogP contribution < -0.4 is 5.32 Å². The summed E-state index contributed by atoms with van der Waals surface area (Å²) in [4.78, 5) is 12.9. The molecule has 2 aliphatic rings. The second-order valence-electron chi connectivity index (χ2n) is 13.3. The first-order chi connectivity index (χ1) is 24.6. The fourth-order valence-electron chi connectivity index (χ4n) is 5.95. The van der Waals surface area contributed by atoms with Crippen molar-refractivity contribution in [2.75, 3.05) is 19.8 Å². The Kier molecular flexibility index (Phi) is 23.2. The average Bonchev–Trinajstić information content (AvgIpc) is 3.12. The summed E-state index contributed by atoms with van der Waals surface area (Å²) in [6.45, 7) is 2.52. The summed E-state index contributed by atoms with van der Waals surface area (Å²) >= 11 is 0. The monoisotopic (exact) mass is 731 g/mol. The number of ether oxygens (including phenoxy) is 4. The Labute approximate surface area is 302 Å². The van der Waals surface area contributed by atoms with Gasteiger partial charge in [0.25, 0.3) is 0 Å². The Morgan fingerprint density at radius 3 is 2.02 bits per heavy atom. The third kappa shape index (κ3) is 16.0. The molecular formula is C37H65NO13. The largest absolute Gasteiger partial charge is 0.394 e. The Balaban J connectivity index is 1.90. The van der Waals surface area contributed by atoms with Gasteiger partial charge in [-0.05, 0) is 44.9 Å². The van der Waals surface area contributed by atoms with Gasteiger partial charge in [-0.25, -0.2) is 0 Å². The van der Waals surface area contributed by atoms with Crippen molar-refractivity contribution in [3.63, 3.8) is 0 Å². The van der Waals surface area contributed by atoms with Gasteiger partial charge in [-0.2, -0.15) is 0 Å². The molecule has 0 aliphatic carbocycles. The van der Waals surface area contributed by atoms with E-state index < -0.39 is 86.8 Å². The molecule has 0 aromatic carbocycles. The number of unbranched alkanes of at least 4 members (excludes halogenated alkanes) is 6. The number of aliphatic hydroxyl groups excluding tert-OH is 8. The van der Waals surface area contributed by atoms with Crippen molar-refractivity contribution in [3.8, 4) is 0 Å². The molecular weight excluding hydrogens is 666 g/mol. The number of hydrogen-bond donors (Lipinski definition) is 9. The lowest BCUT2D eigenvalue weighted by Crippen LogP contribution is -2.65. The van der Waals surface area contributed by atoms with Crippen molar-refractivity contribution in [2.45, 2.75) is 171 Å². The minimum absolute atomic E-state index is 0.250. The van der Waals surface area contributed by atoms with Gasteiger partial charge >= 0.3 is 0 Å². The predicted molar refractivity (Wildman–Crippen MR) is 189 cm³/mol. The number of hydrogen-bond acceptors (Lipinski definition) is 13. The summed E-state index contributed by atoms with van der Waals surface area (Å²) in [7, 11) is 0. The lowest BCUT2D eigenvalue weighted by molar-refractivity contribution is -0.359. The van der Waals surface area contributed by atoms with E-state index >= 15 is 0 Å². The molecule has 12 unspecified atom stereocenters. The van der Waals surface area contributed by atoms with E-state index in [0.717, 1.165) is 64.2 Å². The first kappa shape index (κ1) is 45.4. The number of carbonyl (C=O) groups excluding carboxylic acids is 1. The van der Waals surface area contributed by atoms with E-state index in [1.165, 1.54) is 0 Å². The molecule has 0 spiro atoms. The van der Waals surface area contributed by atoms with Gasteiger partial charge in [-0.1, -0.05) is 82.4 Å². The van der Waals surface area contributed by atoms with Crippen LogP contribution in [0.15, 0.2) is 36.5 Å². The molecule has 2 aliphatic heterocycles. The quantitative estimate of drug-likeness (QED) is 0.0477. The van der Waals surface area contributed by atoms with Crippen LogP contribution in [0.3, 0.4) is 0 Å². The van der Waals surface area contributed by atoms with Crippen LogP contribution in [0.1, 0.15) is 97.3 Å². The van der Waals surface area contributed by atoms with E-state index in [2.05, 4.69) is 55.6 Å². The van der Waals surface area contributed by atoms with Crippen molar-refractivity contribution in [1.29, 1.82) is 0 Å². The molecule has 2 rings (SSSR count). The minimum atomic E-state index is -1.78. The third-order valence-corrected chi connectivity index (χ3v) is 9.12. The number of allylic oxidation sites excluding steroid dienone is 6. The van der Waals surface area contributed by atoms with Gasteiger partial charge in [-0.15, -0.1) is 0 Å². The van der Waals surface area contributed by atoms with Gasteiger partial charge in [-0.3, -0.25) is 4.79 Å². The summed E-state index contributed by atoms with van der Waals surface area (Å²) in [5.41, 5.74) is 0. The SMILES string of the molecule is CC/C=C\C/C=C\C/C=C\CCCCCC(=O)NC(COC1OC(CO)C(OC2OC(CO)C(O)C(O)C2O)C(O)C1O)C(O)CCCCCC. The molecule has 0 aromatic heterocycles. The second-order valence-corrected chi connectivity index (χ2v) is 13.3. The van der Waals surface area contributed by atoms with Crippen LogP contribution in [0.25, 0.3) is 0 Å². The zero-order valence-corrected chi connectivity index (χ0v) is 30.3. The van der Waals surface area contributed by atoms with Crippen LogP contribution in [0, 0.1) is 0 Å². The van der Waals surface area contributed by atoms with E-state index in [4.69, 9.17) is 18.9 Å². The molecule has 12 atom stereocenters.